The number of ether oxygens (including phenoxy) is 1. The highest BCUT2D eigenvalue weighted by atomic mass is 79.9. The van der Waals surface area contributed by atoms with Crippen LogP contribution in [0.4, 0.5) is 4.79 Å². The molecule has 6 heteroatoms. The summed E-state index contributed by atoms with van der Waals surface area (Å²) in [6.07, 6.45) is 2.14. The van der Waals surface area contributed by atoms with Crippen LogP contribution in [-0.4, -0.2) is 45.6 Å². The van der Waals surface area contributed by atoms with E-state index in [2.05, 4.69) is 15.9 Å². The molecule has 1 amide bonds. The van der Waals surface area contributed by atoms with Gasteiger partial charge in [0.25, 0.3) is 0 Å². The first-order valence-electron chi connectivity index (χ1n) is 6.47. The summed E-state index contributed by atoms with van der Waals surface area (Å²) in [7, 11) is 0. The van der Waals surface area contributed by atoms with Crippen LogP contribution >= 0.6 is 15.9 Å². The first-order valence-corrected chi connectivity index (χ1v) is 7.59. The molecule has 1 atom stereocenters. The molecule has 0 aromatic carbocycles. The van der Waals surface area contributed by atoms with Gasteiger partial charge in [-0.2, -0.15) is 0 Å². The number of hydrogen-bond acceptors (Lipinski definition) is 3. The third kappa shape index (κ3) is 8.08. The van der Waals surface area contributed by atoms with Gasteiger partial charge in [0.05, 0.1) is 0 Å². The van der Waals surface area contributed by atoms with Gasteiger partial charge in [0.15, 0.2) is 0 Å². The molecule has 0 spiro atoms. The Morgan fingerprint density at radius 3 is 2.26 bits per heavy atom. The van der Waals surface area contributed by atoms with Crippen LogP contribution in [0.25, 0.3) is 0 Å². The maximum absolute atomic E-state index is 12.0. The molecule has 19 heavy (non-hydrogen) atoms. The monoisotopic (exact) mass is 337 g/mol. The van der Waals surface area contributed by atoms with E-state index in [1.54, 1.807) is 20.8 Å². The summed E-state index contributed by atoms with van der Waals surface area (Å²) in [5.74, 6) is -1.02. The summed E-state index contributed by atoms with van der Waals surface area (Å²) in [6, 6.07) is -0.876. The standard InChI is InChI=1S/C13H24BrNO4/c1-10(11(16)17)15(9-7-5-6-8-14)12(18)19-13(2,3)4/h10H,5-9H2,1-4H3,(H,16,17)/t10-/m0/s1. The van der Waals surface area contributed by atoms with E-state index in [0.717, 1.165) is 24.6 Å². The maximum Gasteiger partial charge on any atom is 0.411 e. The van der Waals surface area contributed by atoms with Crippen molar-refractivity contribution in [1.29, 1.82) is 0 Å². The summed E-state index contributed by atoms with van der Waals surface area (Å²) in [5, 5.41) is 9.96. The highest BCUT2D eigenvalue weighted by Gasteiger charge is 2.29. The van der Waals surface area contributed by atoms with Crippen molar-refractivity contribution in [2.24, 2.45) is 0 Å². The zero-order valence-electron chi connectivity index (χ0n) is 12.1. The molecule has 0 aliphatic heterocycles. The first-order chi connectivity index (χ1) is 8.69. The third-order valence-electron chi connectivity index (χ3n) is 2.49. The second kappa shape index (κ2) is 8.40. The van der Waals surface area contributed by atoms with Gasteiger partial charge in [-0.25, -0.2) is 9.59 Å². The summed E-state index contributed by atoms with van der Waals surface area (Å²) >= 11 is 3.34. The largest absolute Gasteiger partial charge is 0.480 e. The highest BCUT2D eigenvalue weighted by molar-refractivity contribution is 9.09. The average molecular weight is 338 g/mol. The third-order valence-corrected chi connectivity index (χ3v) is 3.05. The van der Waals surface area contributed by atoms with Gasteiger partial charge in [0, 0.05) is 11.9 Å². The Kier molecular flexibility index (Phi) is 8.06. The van der Waals surface area contributed by atoms with E-state index in [-0.39, 0.29) is 0 Å². The number of carbonyl (C=O) groups is 2. The van der Waals surface area contributed by atoms with Gasteiger partial charge in [0.2, 0.25) is 0 Å². The molecule has 0 fully saturated rings. The molecule has 0 radical (unpaired) electrons. The molecule has 0 saturated heterocycles. The molecule has 0 aliphatic rings. The summed E-state index contributed by atoms with van der Waals surface area (Å²) in [5.41, 5.74) is -0.622. The molecule has 0 rings (SSSR count). The first kappa shape index (κ1) is 18.2. The zero-order chi connectivity index (χ0) is 15.1. The van der Waals surface area contributed by atoms with E-state index in [0.29, 0.717) is 6.54 Å². The van der Waals surface area contributed by atoms with Gasteiger partial charge in [-0.05, 0) is 40.5 Å². The highest BCUT2D eigenvalue weighted by Crippen LogP contribution is 2.13. The van der Waals surface area contributed by atoms with Crippen LogP contribution < -0.4 is 0 Å². The van der Waals surface area contributed by atoms with E-state index >= 15 is 0 Å². The molecule has 0 bridgehead atoms. The van der Waals surface area contributed by atoms with E-state index < -0.39 is 23.7 Å². The van der Waals surface area contributed by atoms with Crippen LogP contribution in [0.2, 0.25) is 0 Å². The minimum atomic E-state index is -1.02. The van der Waals surface area contributed by atoms with E-state index in [9.17, 15) is 9.59 Å². The minimum Gasteiger partial charge on any atom is -0.480 e. The fourth-order valence-electron chi connectivity index (χ4n) is 1.45. The van der Waals surface area contributed by atoms with Crippen LogP contribution in [0.3, 0.4) is 0 Å². The van der Waals surface area contributed by atoms with Crippen molar-refractivity contribution < 1.29 is 19.4 Å². The Hall–Kier alpha value is -0.780. The normalized spacial score (nSPS) is 12.9. The van der Waals surface area contributed by atoms with E-state index in [4.69, 9.17) is 9.84 Å². The van der Waals surface area contributed by atoms with Crippen LogP contribution in [0.15, 0.2) is 0 Å². The molecule has 0 aliphatic carbocycles. The van der Waals surface area contributed by atoms with Crippen molar-refractivity contribution in [3.05, 3.63) is 0 Å². The number of alkyl halides is 1. The smallest absolute Gasteiger partial charge is 0.411 e. The summed E-state index contributed by atoms with van der Waals surface area (Å²) < 4.78 is 5.24. The Morgan fingerprint density at radius 2 is 1.84 bits per heavy atom. The van der Waals surface area contributed by atoms with E-state index in [1.807, 2.05) is 0 Å². The SMILES string of the molecule is C[C@@H](C(=O)O)N(CCCCCBr)C(=O)OC(C)(C)C. The van der Waals surface area contributed by atoms with Crippen molar-refractivity contribution in [3.8, 4) is 0 Å². The van der Waals surface area contributed by atoms with Crippen molar-refractivity contribution in [2.75, 3.05) is 11.9 Å². The van der Waals surface area contributed by atoms with Gasteiger partial charge in [-0.3, -0.25) is 4.90 Å². The van der Waals surface area contributed by atoms with Crippen molar-refractivity contribution in [1.82, 2.24) is 4.90 Å². The lowest BCUT2D eigenvalue weighted by molar-refractivity contribution is -0.142. The molecular formula is C13H24BrNO4. The molecule has 5 nitrogen and oxygen atoms in total. The summed E-state index contributed by atoms with van der Waals surface area (Å²) in [6.45, 7) is 7.18. The fraction of sp³-hybridized carbons (Fsp3) is 0.846. The van der Waals surface area contributed by atoms with Crippen LogP contribution in [-0.2, 0) is 9.53 Å². The number of carboxylic acid groups (broad SMARTS) is 1. The van der Waals surface area contributed by atoms with Crippen LogP contribution in [0, 0.1) is 0 Å². The van der Waals surface area contributed by atoms with Crippen molar-refractivity contribution in [3.63, 3.8) is 0 Å². The van der Waals surface area contributed by atoms with Crippen molar-refractivity contribution >= 4 is 28.0 Å². The van der Waals surface area contributed by atoms with Crippen molar-refractivity contribution in [2.45, 2.75) is 58.6 Å². The number of unbranched alkanes of at least 4 members (excludes halogenated alkanes) is 2. The Balaban J connectivity index is 4.57. The second-order valence-corrected chi connectivity index (χ2v) is 6.23. The van der Waals surface area contributed by atoms with Crippen LogP contribution in [0.1, 0.15) is 47.0 Å². The molecular weight excluding hydrogens is 314 g/mol. The molecule has 0 unspecified atom stereocenters. The molecule has 0 saturated carbocycles. The second-order valence-electron chi connectivity index (χ2n) is 5.44. The number of amides is 1. The molecule has 112 valence electrons. The van der Waals surface area contributed by atoms with Gasteiger partial charge in [-0.1, -0.05) is 22.4 Å². The lowest BCUT2D eigenvalue weighted by Gasteiger charge is -2.29. The number of rotatable bonds is 7. The Bertz CT molecular complexity index is 302. The predicted molar refractivity (Wildman–Crippen MR) is 77.7 cm³/mol. The average Bonchev–Trinajstić information content (AvgIpc) is 2.25. The Morgan fingerprint density at radius 1 is 1.26 bits per heavy atom. The zero-order valence-corrected chi connectivity index (χ0v) is 13.7. The lowest BCUT2D eigenvalue weighted by atomic mass is 10.2. The van der Waals surface area contributed by atoms with Gasteiger partial charge in [0.1, 0.15) is 11.6 Å². The molecule has 1 N–H and O–H groups in total. The van der Waals surface area contributed by atoms with Gasteiger partial charge < -0.3 is 9.84 Å². The molecule has 0 aromatic heterocycles. The number of carbonyl (C=O) groups excluding carboxylic acids is 1. The summed E-state index contributed by atoms with van der Waals surface area (Å²) in [4.78, 5) is 24.3. The molecule has 0 aromatic rings. The predicted octanol–water partition coefficient (Wildman–Crippen LogP) is 3.26. The number of aliphatic carboxylic acids is 1. The number of carboxylic acids is 1. The van der Waals surface area contributed by atoms with Crippen LogP contribution in [0.5, 0.6) is 0 Å². The van der Waals surface area contributed by atoms with E-state index in [1.165, 1.54) is 11.8 Å². The van der Waals surface area contributed by atoms with Gasteiger partial charge >= 0.3 is 12.1 Å². The topological polar surface area (TPSA) is 66.8 Å². The fourth-order valence-corrected chi connectivity index (χ4v) is 1.85. The number of nitrogens with zero attached hydrogens (tertiary/aromatic N) is 1. The number of halogens is 1. The lowest BCUT2D eigenvalue weighted by Crippen LogP contribution is -2.46. The quantitative estimate of drug-likeness (QED) is 0.571. The maximum atomic E-state index is 12.0. The Labute approximate surface area is 123 Å². The minimum absolute atomic E-state index is 0.398. The number of hydrogen-bond donors (Lipinski definition) is 1. The molecule has 0 heterocycles. The van der Waals surface area contributed by atoms with Gasteiger partial charge in [-0.15, -0.1) is 0 Å².